The highest BCUT2D eigenvalue weighted by Crippen LogP contribution is 2.30. The van der Waals surface area contributed by atoms with Gasteiger partial charge in [0.25, 0.3) is 5.69 Å². The molecule has 0 saturated carbocycles. The summed E-state index contributed by atoms with van der Waals surface area (Å²) in [7, 11) is 0. The van der Waals surface area contributed by atoms with Gasteiger partial charge in [0.2, 0.25) is 0 Å². The topological polar surface area (TPSA) is 55.2 Å². The molecule has 1 unspecified atom stereocenters. The second-order valence-electron chi connectivity index (χ2n) is 4.81. The molecule has 0 saturated heterocycles. The number of rotatable bonds is 5. The fourth-order valence-electron chi connectivity index (χ4n) is 2.27. The Kier molecular flexibility index (Phi) is 4.16. The maximum Gasteiger partial charge on any atom is 0.269 e. The highest BCUT2D eigenvalue weighted by atomic mass is 32.1. The first-order valence-electron chi connectivity index (χ1n) is 6.83. The molecule has 0 aliphatic rings. The monoisotopic (exact) mass is 310 g/mol. The zero-order valence-corrected chi connectivity index (χ0v) is 12.5. The van der Waals surface area contributed by atoms with Crippen molar-refractivity contribution in [1.29, 1.82) is 0 Å². The van der Waals surface area contributed by atoms with Gasteiger partial charge in [0.05, 0.1) is 11.0 Å². The first-order valence-corrected chi connectivity index (χ1v) is 7.71. The van der Waals surface area contributed by atoms with Crippen LogP contribution in [-0.4, -0.2) is 4.92 Å². The van der Waals surface area contributed by atoms with Crippen LogP contribution in [0.3, 0.4) is 0 Å². The van der Waals surface area contributed by atoms with Gasteiger partial charge in [0.15, 0.2) is 0 Å². The van der Waals surface area contributed by atoms with Gasteiger partial charge in [-0.15, -0.1) is 11.3 Å². The van der Waals surface area contributed by atoms with Crippen LogP contribution in [0.15, 0.2) is 72.1 Å². The standard InChI is InChI=1S/C17H14N2O2S/c20-19(21)15-10-8-14(9-11-15)18-17(16-7-4-12-22-16)13-5-2-1-3-6-13/h1-12,17-18H. The Morgan fingerprint density at radius 3 is 2.27 bits per heavy atom. The molecular weight excluding hydrogens is 296 g/mol. The lowest BCUT2D eigenvalue weighted by Crippen LogP contribution is -2.10. The van der Waals surface area contributed by atoms with Crippen LogP contribution in [0.1, 0.15) is 16.5 Å². The Morgan fingerprint density at radius 2 is 1.68 bits per heavy atom. The minimum Gasteiger partial charge on any atom is -0.373 e. The summed E-state index contributed by atoms with van der Waals surface area (Å²) in [6, 6.07) is 20.8. The van der Waals surface area contributed by atoms with Crippen LogP contribution in [-0.2, 0) is 0 Å². The smallest absolute Gasteiger partial charge is 0.269 e. The summed E-state index contributed by atoms with van der Waals surface area (Å²) in [6.45, 7) is 0. The molecule has 5 heteroatoms. The predicted molar refractivity (Wildman–Crippen MR) is 89.3 cm³/mol. The molecule has 2 aromatic carbocycles. The molecule has 1 N–H and O–H groups in total. The van der Waals surface area contributed by atoms with Crippen LogP contribution in [0.25, 0.3) is 0 Å². The van der Waals surface area contributed by atoms with Crippen LogP contribution in [0.4, 0.5) is 11.4 Å². The second-order valence-corrected chi connectivity index (χ2v) is 5.79. The van der Waals surface area contributed by atoms with Crippen molar-refractivity contribution in [1.82, 2.24) is 0 Å². The third-order valence-corrected chi connectivity index (χ3v) is 4.29. The molecule has 3 aromatic rings. The van der Waals surface area contributed by atoms with Gasteiger partial charge < -0.3 is 5.32 Å². The number of nitro groups is 1. The third kappa shape index (κ3) is 3.15. The second kappa shape index (κ2) is 6.41. The minimum atomic E-state index is -0.391. The molecule has 1 heterocycles. The Labute approximate surface area is 132 Å². The molecule has 3 rings (SSSR count). The molecular formula is C17H14N2O2S. The van der Waals surface area contributed by atoms with Gasteiger partial charge in [-0.2, -0.15) is 0 Å². The largest absolute Gasteiger partial charge is 0.373 e. The van der Waals surface area contributed by atoms with E-state index < -0.39 is 4.92 Å². The number of benzene rings is 2. The number of thiophene rings is 1. The van der Waals surface area contributed by atoms with Gasteiger partial charge >= 0.3 is 0 Å². The molecule has 0 spiro atoms. The Hall–Kier alpha value is -2.66. The summed E-state index contributed by atoms with van der Waals surface area (Å²) >= 11 is 1.68. The van der Waals surface area contributed by atoms with E-state index in [1.165, 1.54) is 17.0 Å². The number of nitrogens with one attached hydrogen (secondary N) is 1. The van der Waals surface area contributed by atoms with Crippen molar-refractivity contribution in [3.63, 3.8) is 0 Å². The van der Waals surface area contributed by atoms with Crippen LogP contribution in [0.2, 0.25) is 0 Å². The van der Waals surface area contributed by atoms with Gasteiger partial charge in [0, 0.05) is 22.7 Å². The van der Waals surface area contributed by atoms with E-state index in [0.29, 0.717) is 0 Å². The maximum atomic E-state index is 10.7. The average molecular weight is 310 g/mol. The average Bonchev–Trinajstić information content (AvgIpc) is 3.08. The maximum absolute atomic E-state index is 10.7. The van der Waals surface area contributed by atoms with E-state index in [1.807, 2.05) is 29.6 Å². The van der Waals surface area contributed by atoms with Crippen molar-refractivity contribution in [2.45, 2.75) is 6.04 Å². The highest BCUT2D eigenvalue weighted by molar-refractivity contribution is 7.10. The highest BCUT2D eigenvalue weighted by Gasteiger charge is 2.15. The third-order valence-electron chi connectivity index (χ3n) is 3.35. The molecule has 0 bridgehead atoms. The summed E-state index contributed by atoms with van der Waals surface area (Å²) in [5.74, 6) is 0. The van der Waals surface area contributed by atoms with Crippen molar-refractivity contribution >= 4 is 22.7 Å². The lowest BCUT2D eigenvalue weighted by atomic mass is 10.0. The Bertz CT molecular complexity index is 740. The molecule has 0 fully saturated rings. The van der Waals surface area contributed by atoms with Gasteiger partial charge in [-0.05, 0) is 29.1 Å². The molecule has 1 atom stereocenters. The summed E-state index contributed by atoms with van der Waals surface area (Å²) in [5.41, 5.74) is 2.11. The van der Waals surface area contributed by atoms with E-state index in [0.717, 1.165) is 11.3 Å². The minimum absolute atomic E-state index is 0.0302. The van der Waals surface area contributed by atoms with Crippen LogP contribution < -0.4 is 5.32 Å². The molecule has 0 aliphatic carbocycles. The molecule has 0 radical (unpaired) electrons. The van der Waals surface area contributed by atoms with E-state index in [-0.39, 0.29) is 11.7 Å². The van der Waals surface area contributed by atoms with Gasteiger partial charge in [-0.25, -0.2) is 0 Å². The molecule has 0 aliphatic heterocycles. The van der Waals surface area contributed by atoms with Crippen molar-refractivity contribution in [3.8, 4) is 0 Å². The zero-order chi connectivity index (χ0) is 15.4. The molecule has 0 amide bonds. The normalized spacial score (nSPS) is 11.8. The van der Waals surface area contributed by atoms with Crippen molar-refractivity contribution < 1.29 is 4.92 Å². The summed E-state index contributed by atoms with van der Waals surface area (Å²) in [4.78, 5) is 11.5. The van der Waals surface area contributed by atoms with Crippen molar-refractivity contribution in [2.24, 2.45) is 0 Å². The van der Waals surface area contributed by atoms with Gasteiger partial charge in [-0.1, -0.05) is 36.4 Å². The molecule has 4 nitrogen and oxygen atoms in total. The first kappa shape index (κ1) is 14.3. The molecule has 22 heavy (non-hydrogen) atoms. The van der Waals surface area contributed by atoms with E-state index in [4.69, 9.17) is 0 Å². The first-order chi connectivity index (χ1) is 10.7. The fourth-order valence-corrected chi connectivity index (χ4v) is 3.07. The summed E-state index contributed by atoms with van der Waals surface area (Å²) < 4.78 is 0. The van der Waals surface area contributed by atoms with Gasteiger partial charge in [0.1, 0.15) is 0 Å². The number of non-ortho nitro benzene ring substituents is 1. The van der Waals surface area contributed by atoms with Crippen molar-refractivity contribution in [2.75, 3.05) is 5.32 Å². The number of hydrogen-bond donors (Lipinski definition) is 1. The van der Waals surface area contributed by atoms with E-state index in [1.54, 1.807) is 23.5 Å². The number of nitrogens with zero attached hydrogens (tertiary/aromatic N) is 1. The van der Waals surface area contributed by atoms with Gasteiger partial charge in [-0.3, -0.25) is 10.1 Å². The van der Waals surface area contributed by atoms with Crippen LogP contribution in [0.5, 0.6) is 0 Å². The Balaban J connectivity index is 1.89. The lowest BCUT2D eigenvalue weighted by molar-refractivity contribution is -0.384. The molecule has 110 valence electrons. The summed E-state index contributed by atoms with van der Waals surface area (Å²) in [6.07, 6.45) is 0. The van der Waals surface area contributed by atoms with E-state index in [2.05, 4.69) is 23.5 Å². The SMILES string of the molecule is O=[N+]([O-])c1ccc(NC(c2ccccc2)c2cccs2)cc1. The van der Waals surface area contributed by atoms with Crippen molar-refractivity contribution in [3.05, 3.63) is 92.7 Å². The van der Waals surface area contributed by atoms with E-state index in [9.17, 15) is 10.1 Å². The fraction of sp³-hybridized carbons (Fsp3) is 0.0588. The van der Waals surface area contributed by atoms with E-state index >= 15 is 0 Å². The number of anilines is 1. The van der Waals surface area contributed by atoms with Crippen LogP contribution >= 0.6 is 11.3 Å². The number of hydrogen-bond acceptors (Lipinski definition) is 4. The summed E-state index contributed by atoms with van der Waals surface area (Å²) in [5, 5.41) is 16.2. The zero-order valence-electron chi connectivity index (χ0n) is 11.7. The van der Waals surface area contributed by atoms with Crippen LogP contribution in [0, 0.1) is 10.1 Å². The quantitative estimate of drug-likeness (QED) is 0.541. The lowest BCUT2D eigenvalue weighted by Gasteiger charge is -2.19. The predicted octanol–water partition coefficient (Wildman–Crippen LogP) is 4.86. The Morgan fingerprint density at radius 1 is 0.955 bits per heavy atom. The number of nitro benzene ring substituents is 1. The molecule has 1 aromatic heterocycles.